The number of benzene rings is 2. The molecule has 12 N–H and O–H groups in total. The van der Waals surface area contributed by atoms with Gasteiger partial charge >= 0.3 is 11.9 Å². The van der Waals surface area contributed by atoms with Gasteiger partial charge in [0.1, 0.15) is 0 Å². The number of aliphatic hydroxyl groups excluding tert-OH is 3. The number of rotatable bonds is 19. The lowest BCUT2D eigenvalue weighted by Gasteiger charge is -2.25. The number of anilines is 2. The van der Waals surface area contributed by atoms with Gasteiger partial charge in [0.05, 0.1) is 61.1 Å². The molecule has 0 bridgehead atoms. The number of halogens is 6. The molecule has 342 valence electrons. The smallest absolute Gasteiger partial charge is 0.303 e. The lowest BCUT2D eigenvalue weighted by Crippen LogP contribution is -2.49. The van der Waals surface area contributed by atoms with Gasteiger partial charge in [-0.3, -0.25) is 38.4 Å². The third-order valence-corrected chi connectivity index (χ3v) is 14.2. The molecule has 6 amide bonds. The highest BCUT2D eigenvalue weighted by molar-refractivity contribution is 14.1. The van der Waals surface area contributed by atoms with E-state index < -0.39 is 111 Å². The maximum Gasteiger partial charge on any atom is 0.303 e. The van der Waals surface area contributed by atoms with Gasteiger partial charge in [0.2, 0.25) is 0 Å². The van der Waals surface area contributed by atoms with Crippen molar-refractivity contribution in [2.45, 2.75) is 45.4 Å². The molecule has 2 rings (SSSR count). The fourth-order valence-electron chi connectivity index (χ4n) is 4.63. The van der Waals surface area contributed by atoms with Crippen LogP contribution in [0.3, 0.4) is 0 Å². The van der Waals surface area contributed by atoms with Gasteiger partial charge in [0, 0.05) is 40.0 Å². The van der Waals surface area contributed by atoms with Crippen molar-refractivity contribution in [2.24, 2.45) is 5.92 Å². The zero-order valence-corrected chi connectivity index (χ0v) is 45.4. The molecule has 0 heterocycles. The molecule has 2 atom stereocenters. The summed E-state index contributed by atoms with van der Waals surface area (Å²) in [5.74, 6) is -8.26. The highest BCUT2D eigenvalue weighted by atomic mass is 127. The summed E-state index contributed by atoms with van der Waals surface area (Å²) in [5.41, 5.74) is -5.16. The van der Waals surface area contributed by atoms with Crippen LogP contribution in [0.5, 0.6) is 0 Å². The van der Waals surface area contributed by atoms with Crippen LogP contribution in [0.25, 0.3) is 0 Å². The number of amides is 6. The average molecular weight is 1550 g/mol. The minimum absolute atomic E-state index is 0.00600. The average Bonchev–Trinajstić information content (AvgIpc) is 3.15. The Labute approximate surface area is 434 Å². The zero-order valence-electron chi connectivity index (χ0n) is 32.4. The number of nitrogens with one attached hydrogen (secondary N) is 6. The Bertz CT molecular complexity index is 1990. The predicted molar refractivity (Wildman–Crippen MR) is 266 cm³/mol. The van der Waals surface area contributed by atoms with E-state index in [9.17, 15) is 69.0 Å². The Morgan fingerprint density at radius 2 is 0.839 bits per heavy atom. The van der Waals surface area contributed by atoms with Crippen LogP contribution in [0, 0.1) is 27.3 Å². The van der Waals surface area contributed by atoms with E-state index in [4.69, 9.17) is 9.47 Å². The van der Waals surface area contributed by atoms with Crippen LogP contribution in [-0.4, -0.2) is 135 Å². The van der Waals surface area contributed by atoms with E-state index in [0.29, 0.717) is 0 Å². The summed E-state index contributed by atoms with van der Waals surface area (Å²) in [6.45, 7) is 0.0861. The molecule has 0 saturated heterocycles. The number of carbonyl (C=O) groups excluding carboxylic acids is 8. The van der Waals surface area contributed by atoms with Crippen molar-refractivity contribution in [3.63, 3.8) is 0 Å². The summed E-state index contributed by atoms with van der Waals surface area (Å²) in [6, 6.07) is 0. The van der Waals surface area contributed by atoms with E-state index in [1.54, 1.807) is 136 Å². The van der Waals surface area contributed by atoms with Crippen LogP contribution >= 0.6 is 136 Å². The normalized spacial score (nSPS) is 13.4. The second-order valence-corrected chi connectivity index (χ2v) is 19.6. The van der Waals surface area contributed by atoms with Crippen LogP contribution in [0.4, 0.5) is 11.4 Å². The molecule has 0 radical (unpaired) electrons. The molecular formula is C34H38I6N6O16. The summed E-state index contributed by atoms with van der Waals surface area (Å²) >= 11 is 10.3. The summed E-state index contributed by atoms with van der Waals surface area (Å²) in [4.78, 5) is 103. The second kappa shape index (κ2) is 24.7. The number of hydrogen-bond acceptors (Lipinski definition) is 16. The second-order valence-electron chi connectivity index (χ2n) is 13.2. The van der Waals surface area contributed by atoms with E-state index in [-0.39, 0.29) is 55.0 Å². The predicted octanol–water partition coefficient (Wildman–Crippen LogP) is 0.265. The number of hydrogen-bond donors (Lipinski definition) is 12. The van der Waals surface area contributed by atoms with Gasteiger partial charge in [0.15, 0.2) is 31.0 Å². The molecule has 2 aromatic carbocycles. The van der Waals surface area contributed by atoms with Crippen molar-refractivity contribution in [3.05, 3.63) is 43.7 Å². The molecule has 28 heteroatoms. The molecule has 0 aliphatic rings. The lowest BCUT2D eigenvalue weighted by molar-refractivity contribution is -0.145. The molecule has 0 aliphatic heterocycles. The first kappa shape index (κ1) is 56.5. The van der Waals surface area contributed by atoms with Crippen LogP contribution in [0.2, 0.25) is 0 Å². The standard InChI is InChI=1S/C34H38I6N6O16/c1-11(49)61-7-14(51)43-26-22(37)16(20(35)18(24(26)39)30(55)45-33(3,59)9-47)28(53)41-5-13(32(57)58)6-42-29(54)17-21(36)19(31(56)46-34(4,60)10-48)25(40)27(23(17)38)44-15(52)8-62-12(2)50/h13,32,47-48,57-60H,5-10H2,1-4H3,(H,41,53)(H,42,54)(H,43,51)(H,44,52)(H,45,55)(H,46,56). The van der Waals surface area contributed by atoms with Gasteiger partial charge in [-0.25, -0.2) is 0 Å². The Morgan fingerprint density at radius 3 is 1.10 bits per heavy atom. The first-order valence-electron chi connectivity index (χ1n) is 17.1. The number of aliphatic hydroxyl groups is 6. The summed E-state index contributed by atoms with van der Waals surface area (Å²) in [6.07, 6.45) is -2.17. The molecule has 22 nitrogen and oxygen atoms in total. The summed E-state index contributed by atoms with van der Waals surface area (Å²) in [7, 11) is 0. The van der Waals surface area contributed by atoms with Gasteiger partial charge in [-0.05, 0) is 149 Å². The number of carbonyl (C=O) groups is 8. The third kappa shape index (κ3) is 15.8. The Balaban J connectivity index is 2.57. The molecule has 0 aromatic heterocycles. The van der Waals surface area contributed by atoms with Gasteiger partial charge in [-0.2, -0.15) is 0 Å². The monoisotopic (exact) mass is 1550 g/mol. The molecule has 62 heavy (non-hydrogen) atoms. The lowest BCUT2D eigenvalue weighted by atomic mass is 10.0. The minimum Gasteiger partial charge on any atom is -0.456 e. The molecule has 0 aliphatic carbocycles. The SMILES string of the molecule is CC(=O)OCC(=O)Nc1c(I)c(C(=O)NCC(CNC(=O)c2c(I)c(NC(=O)COC(C)=O)c(I)c(C(=O)NC(C)(O)CO)c2I)C(O)O)c(I)c(C(=O)NC(C)(O)CO)c1I. The number of ether oxygens (including phenoxy) is 2. The Kier molecular flexibility index (Phi) is 22.5. The fourth-order valence-corrected chi connectivity index (χ4v) is 13.5. The van der Waals surface area contributed by atoms with Gasteiger partial charge in [-0.15, -0.1) is 0 Å². The Hall–Kier alpha value is -1.66. The number of esters is 2. The molecule has 0 spiro atoms. The van der Waals surface area contributed by atoms with Crippen LogP contribution in [0.1, 0.15) is 69.1 Å². The Morgan fingerprint density at radius 1 is 0.548 bits per heavy atom. The van der Waals surface area contributed by atoms with Gasteiger partial charge < -0.3 is 72.0 Å². The van der Waals surface area contributed by atoms with E-state index in [1.807, 2.05) is 0 Å². The van der Waals surface area contributed by atoms with E-state index >= 15 is 0 Å². The van der Waals surface area contributed by atoms with Gasteiger partial charge in [0.25, 0.3) is 35.4 Å². The third-order valence-electron chi connectivity index (χ3n) is 7.74. The largest absolute Gasteiger partial charge is 0.456 e. The van der Waals surface area contributed by atoms with Crippen LogP contribution in [0.15, 0.2) is 0 Å². The quantitative estimate of drug-likeness (QED) is 0.0510. The first-order valence-corrected chi connectivity index (χ1v) is 23.6. The highest BCUT2D eigenvalue weighted by Crippen LogP contribution is 2.37. The van der Waals surface area contributed by atoms with Gasteiger partial charge in [-0.1, -0.05) is 0 Å². The maximum absolute atomic E-state index is 13.9. The fraction of sp³-hybridized carbons (Fsp3) is 0.412. The van der Waals surface area contributed by atoms with Crippen molar-refractivity contribution in [2.75, 3.05) is 50.2 Å². The molecule has 0 fully saturated rings. The molecule has 0 saturated carbocycles. The minimum atomic E-state index is -2.17. The van der Waals surface area contributed by atoms with Crippen molar-refractivity contribution < 1.29 is 78.5 Å². The van der Waals surface area contributed by atoms with Crippen LogP contribution < -0.4 is 31.9 Å². The summed E-state index contributed by atoms with van der Waals surface area (Å²) in [5, 5.41) is 74.9. The van der Waals surface area contributed by atoms with Crippen molar-refractivity contribution in [1.29, 1.82) is 0 Å². The molecular weight excluding hydrogens is 1510 g/mol. The van der Waals surface area contributed by atoms with Crippen molar-refractivity contribution in [1.82, 2.24) is 21.3 Å². The van der Waals surface area contributed by atoms with E-state index in [0.717, 1.165) is 27.7 Å². The molecule has 2 aromatic rings. The van der Waals surface area contributed by atoms with Crippen molar-refractivity contribution in [3.8, 4) is 0 Å². The van der Waals surface area contributed by atoms with Crippen LogP contribution in [-0.2, 0) is 28.7 Å². The first-order chi connectivity index (χ1) is 28.6. The molecule has 2 unspecified atom stereocenters. The van der Waals surface area contributed by atoms with E-state index in [2.05, 4.69) is 31.9 Å². The summed E-state index contributed by atoms with van der Waals surface area (Å²) < 4.78 is 9.85. The maximum atomic E-state index is 13.9. The highest BCUT2D eigenvalue weighted by Gasteiger charge is 2.34. The van der Waals surface area contributed by atoms with Crippen molar-refractivity contribution >= 4 is 194 Å². The zero-order chi connectivity index (χ0) is 47.6. The topological polar surface area (TPSA) is 349 Å². The van der Waals surface area contributed by atoms with E-state index in [1.165, 1.54) is 0 Å².